The van der Waals surface area contributed by atoms with Gasteiger partial charge in [-0.1, -0.05) is 64.5 Å². The number of aromatic nitrogens is 2. The summed E-state index contributed by atoms with van der Waals surface area (Å²) in [5.74, 6) is 0.519. The van der Waals surface area contributed by atoms with Crippen molar-refractivity contribution in [3.05, 3.63) is 129 Å². The van der Waals surface area contributed by atoms with Crippen molar-refractivity contribution >= 4 is 33.0 Å². The standard InChI is InChI=1S/C29H19BrF3N3O2/c30-23-14-12-19(13-15-23)18-38-26-11-4-1-6-21(26)17-34-36-27(20-7-5-8-22(16-20)29(31,32)33)35-25-10-3-2-9-24(25)28(36)37/h1-17H,18H2. The van der Waals surface area contributed by atoms with E-state index in [9.17, 15) is 18.0 Å². The maximum Gasteiger partial charge on any atom is 0.416 e. The van der Waals surface area contributed by atoms with E-state index in [1.807, 2.05) is 30.3 Å². The van der Waals surface area contributed by atoms with E-state index < -0.39 is 17.3 Å². The quantitative estimate of drug-likeness (QED) is 0.199. The van der Waals surface area contributed by atoms with E-state index in [1.54, 1.807) is 42.5 Å². The molecule has 4 aromatic carbocycles. The fourth-order valence-electron chi connectivity index (χ4n) is 3.83. The maximum absolute atomic E-state index is 13.4. The van der Waals surface area contributed by atoms with Crippen molar-refractivity contribution in [2.45, 2.75) is 12.8 Å². The molecule has 0 aliphatic rings. The number of para-hydroxylation sites is 2. The van der Waals surface area contributed by atoms with E-state index in [0.29, 0.717) is 28.8 Å². The van der Waals surface area contributed by atoms with Gasteiger partial charge in [-0.05, 0) is 54.1 Å². The average molecular weight is 578 g/mol. The van der Waals surface area contributed by atoms with Gasteiger partial charge >= 0.3 is 6.18 Å². The molecule has 0 unspecified atom stereocenters. The summed E-state index contributed by atoms with van der Waals surface area (Å²) >= 11 is 3.41. The third-order valence-electron chi connectivity index (χ3n) is 5.74. The van der Waals surface area contributed by atoms with Gasteiger partial charge in [-0.15, -0.1) is 0 Å². The molecule has 5 rings (SSSR count). The molecule has 190 valence electrons. The Hall–Kier alpha value is -4.24. The second kappa shape index (κ2) is 10.6. The molecule has 0 radical (unpaired) electrons. The SMILES string of the molecule is O=c1c2ccccc2nc(-c2cccc(C(F)(F)F)c2)n1N=Cc1ccccc1OCc1ccc(Br)cc1. The summed E-state index contributed by atoms with van der Waals surface area (Å²) in [6, 6.07) is 26.1. The van der Waals surface area contributed by atoms with Gasteiger partial charge in [0.15, 0.2) is 5.82 Å². The minimum atomic E-state index is -4.55. The van der Waals surface area contributed by atoms with Crippen molar-refractivity contribution in [1.82, 2.24) is 9.66 Å². The number of nitrogens with zero attached hydrogens (tertiary/aromatic N) is 3. The van der Waals surface area contributed by atoms with Gasteiger partial charge in [-0.25, -0.2) is 4.98 Å². The summed E-state index contributed by atoms with van der Waals surface area (Å²) in [7, 11) is 0. The Morgan fingerprint density at radius 2 is 1.66 bits per heavy atom. The zero-order chi connectivity index (χ0) is 26.7. The number of rotatable bonds is 6. The average Bonchev–Trinajstić information content (AvgIpc) is 2.92. The highest BCUT2D eigenvalue weighted by molar-refractivity contribution is 9.10. The summed E-state index contributed by atoms with van der Waals surface area (Å²) in [5.41, 5.74) is 0.655. The summed E-state index contributed by atoms with van der Waals surface area (Å²) in [4.78, 5) is 17.9. The lowest BCUT2D eigenvalue weighted by Gasteiger charge is -2.12. The van der Waals surface area contributed by atoms with Crippen LogP contribution in [0.4, 0.5) is 13.2 Å². The molecule has 0 amide bonds. The molecule has 5 nitrogen and oxygen atoms in total. The van der Waals surface area contributed by atoms with Gasteiger partial charge in [0, 0.05) is 15.6 Å². The number of fused-ring (bicyclic) bond motifs is 1. The van der Waals surface area contributed by atoms with Gasteiger partial charge in [-0.2, -0.15) is 22.9 Å². The van der Waals surface area contributed by atoms with Gasteiger partial charge in [0.2, 0.25) is 0 Å². The van der Waals surface area contributed by atoms with Crippen LogP contribution < -0.4 is 10.3 Å². The van der Waals surface area contributed by atoms with E-state index in [1.165, 1.54) is 18.3 Å². The first-order valence-electron chi connectivity index (χ1n) is 11.5. The fourth-order valence-corrected chi connectivity index (χ4v) is 4.10. The van der Waals surface area contributed by atoms with Gasteiger partial charge in [0.25, 0.3) is 5.56 Å². The highest BCUT2D eigenvalue weighted by atomic mass is 79.9. The van der Waals surface area contributed by atoms with Crippen LogP contribution in [0.1, 0.15) is 16.7 Å². The molecule has 9 heteroatoms. The van der Waals surface area contributed by atoms with Gasteiger partial charge < -0.3 is 4.74 Å². The van der Waals surface area contributed by atoms with Crippen LogP contribution in [0, 0.1) is 0 Å². The lowest BCUT2D eigenvalue weighted by Crippen LogP contribution is -2.20. The normalized spacial score (nSPS) is 11.8. The van der Waals surface area contributed by atoms with Crippen LogP contribution >= 0.6 is 15.9 Å². The minimum Gasteiger partial charge on any atom is -0.488 e. The number of halogens is 4. The molecule has 0 saturated heterocycles. The first kappa shape index (κ1) is 25.4. The molecule has 38 heavy (non-hydrogen) atoms. The van der Waals surface area contributed by atoms with Crippen molar-refractivity contribution in [3.8, 4) is 17.1 Å². The van der Waals surface area contributed by atoms with Crippen molar-refractivity contribution in [2.75, 3.05) is 0 Å². The third-order valence-corrected chi connectivity index (χ3v) is 6.27. The second-order valence-corrected chi connectivity index (χ2v) is 9.26. The molecule has 1 heterocycles. The third kappa shape index (κ3) is 5.52. The van der Waals surface area contributed by atoms with Crippen LogP contribution in [0.5, 0.6) is 5.75 Å². The summed E-state index contributed by atoms with van der Waals surface area (Å²) in [6.07, 6.45) is -3.11. The van der Waals surface area contributed by atoms with Gasteiger partial charge in [-0.3, -0.25) is 4.79 Å². The Morgan fingerprint density at radius 1 is 0.921 bits per heavy atom. The van der Waals surface area contributed by atoms with E-state index in [4.69, 9.17) is 4.74 Å². The molecule has 0 N–H and O–H groups in total. The molecular weight excluding hydrogens is 559 g/mol. The first-order chi connectivity index (χ1) is 18.3. The molecular formula is C29H19BrF3N3O2. The lowest BCUT2D eigenvalue weighted by molar-refractivity contribution is -0.137. The Morgan fingerprint density at radius 3 is 2.45 bits per heavy atom. The van der Waals surface area contributed by atoms with E-state index in [-0.39, 0.29) is 11.4 Å². The predicted octanol–water partition coefficient (Wildman–Crippen LogP) is 7.31. The fraction of sp³-hybridized carbons (Fsp3) is 0.0690. The Kier molecular flexibility index (Phi) is 7.11. The number of benzene rings is 4. The molecule has 0 fully saturated rings. The minimum absolute atomic E-state index is 0.00990. The van der Waals surface area contributed by atoms with Crippen molar-refractivity contribution < 1.29 is 17.9 Å². The molecule has 0 bridgehead atoms. The maximum atomic E-state index is 13.4. The molecule has 0 aliphatic carbocycles. The smallest absolute Gasteiger partial charge is 0.416 e. The second-order valence-electron chi connectivity index (χ2n) is 8.35. The zero-order valence-corrected chi connectivity index (χ0v) is 21.3. The highest BCUT2D eigenvalue weighted by Crippen LogP contribution is 2.32. The molecule has 0 atom stereocenters. The molecule has 1 aromatic heterocycles. The van der Waals surface area contributed by atoms with Crippen LogP contribution in [0.15, 0.2) is 111 Å². The molecule has 0 aliphatic heterocycles. The number of alkyl halides is 3. The lowest BCUT2D eigenvalue weighted by atomic mass is 10.1. The topological polar surface area (TPSA) is 56.5 Å². The van der Waals surface area contributed by atoms with Gasteiger partial charge in [0.05, 0.1) is 22.7 Å². The Labute approximate surface area is 224 Å². The largest absolute Gasteiger partial charge is 0.488 e. The summed E-state index contributed by atoms with van der Waals surface area (Å²) in [5, 5.41) is 4.66. The highest BCUT2D eigenvalue weighted by Gasteiger charge is 2.31. The zero-order valence-electron chi connectivity index (χ0n) is 19.7. The number of ether oxygens (including phenoxy) is 1. The summed E-state index contributed by atoms with van der Waals surface area (Å²) < 4.78 is 48.2. The van der Waals surface area contributed by atoms with Gasteiger partial charge in [0.1, 0.15) is 12.4 Å². The van der Waals surface area contributed by atoms with Crippen molar-refractivity contribution in [2.24, 2.45) is 5.10 Å². The Bertz CT molecular complexity index is 1700. The van der Waals surface area contributed by atoms with Crippen molar-refractivity contribution in [1.29, 1.82) is 0 Å². The molecule has 0 saturated carbocycles. The molecule has 0 spiro atoms. The van der Waals surface area contributed by atoms with E-state index >= 15 is 0 Å². The van der Waals surface area contributed by atoms with Crippen LogP contribution in [-0.2, 0) is 12.8 Å². The van der Waals surface area contributed by atoms with Crippen molar-refractivity contribution in [3.63, 3.8) is 0 Å². The molecule has 5 aromatic rings. The number of hydrogen-bond acceptors (Lipinski definition) is 4. The first-order valence-corrected chi connectivity index (χ1v) is 12.3. The Balaban J connectivity index is 1.56. The van der Waals surface area contributed by atoms with Crippen LogP contribution in [0.2, 0.25) is 0 Å². The van der Waals surface area contributed by atoms with E-state index in [0.717, 1.165) is 26.8 Å². The summed E-state index contributed by atoms with van der Waals surface area (Å²) in [6.45, 7) is 0.311. The van der Waals surface area contributed by atoms with Crippen LogP contribution in [-0.4, -0.2) is 15.9 Å². The van der Waals surface area contributed by atoms with Crippen LogP contribution in [0.3, 0.4) is 0 Å². The van der Waals surface area contributed by atoms with E-state index in [2.05, 4.69) is 26.0 Å². The number of hydrogen-bond donors (Lipinski definition) is 0. The predicted molar refractivity (Wildman–Crippen MR) is 144 cm³/mol. The monoisotopic (exact) mass is 577 g/mol. The van der Waals surface area contributed by atoms with Crippen LogP contribution in [0.25, 0.3) is 22.3 Å².